The van der Waals surface area contributed by atoms with Gasteiger partial charge in [0.1, 0.15) is 0 Å². The summed E-state index contributed by atoms with van der Waals surface area (Å²) in [5, 5.41) is 0.207. The van der Waals surface area contributed by atoms with Crippen molar-refractivity contribution >= 4 is 45.2 Å². The van der Waals surface area contributed by atoms with Gasteiger partial charge < -0.3 is 0 Å². The van der Waals surface area contributed by atoms with Crippen LogP contribution in [-0.2, 0) is 0 Å². The molecule has 1 nitrogen and oxygen atoms in total. The van der Waals surface area contributed by atoms with E-state index in [0.29, 0.717) is 0 Å². The predicted molar refractivity (Wildman–Crippen MR) is 73.0 cm³/mol. The third-order valence-electron chi connectivity index (χ3n) is 2.03. The number of hydrogen-bond acceptors (Lipinski definition) is 3. The minimum atomic E-state index is -4.62. The quantitative estimate of drug-likeness (QED) is 0.260. The molecular formula is C11H7BrF6OS2. The van der Waals surface area contributed by atoms with E-state index >= 15 is 0 Å². The Morgan fingerprint density at radius 2 is 1.62 bits per heavy atom. The maximum absolute atomic E-state index is 12.4. The van der Waals surface area contributed by atoms with Gasteiger partial charge in [-0.15, -0.1) is 0 Å². The van der Waals surface area contributed by atoms with Crippen LogP contribution in [0, 0.1) is 0 Å². The smallest absolute Gasteiger partial charge is 0.294 e. The molecule has 0 aliphatic rings. The molecule has 0 saturated heterocycles. The molecule has 1 rings (SSSR count). The van der Waals surface area contributed by atoms with Crippen molar-refractivity contribution in [3.8, 4) is 0 Å². The number of thioether (sulfide) groups is 2. The fraction of sp³-hybridized carbons (Fsp3) is 0.364. The molecule has 21 heavy (non-hydrogen) atoms. The fourth-order valence-corrected chi connectivity index (χ4v) is 2.97. The highest BCUT2D eigenvalue weighted by atomic mass is 79.9. The minimum absolute atomic E-state index is 0.106. The number of carbonyl (C=O) groups excluding carboxylic acids is 1. The second kappa shape index (κ2) is 7.28. The van der Waals surface area contributed by atoms with Crippen molar-refractivity contribution in [2.75, 3.05) is 5.33 Å². The van der Waals surface area contributed by atoms with E-state index in [2.05, 4.69) is 15.9 Å². The fourth-order valence-electron chi connectivity index (χ4n) is 1.36. The van der Waals surface area contributed by atoms with Crippen LogP contribution in [-0.4, -0.2) is 22.1 Å². The molecule has 1 aromatic carbocycles. The lowest BCUT2D eigenvalue weighted by Crippen LogP contribution is -2.07. The average Bonchev–Trinajstić information content (AvgIpc) is 2.27. The number of rotatable bonds is 5. The molecule has 0 heterocycles. The summed E-state index contributed by atoms with van der Waals surface area (Å²) >= 11 is 1.97. The molecular weight excluding hydrogens is 406 g/mol. The number of ketones is 1. The van der Waals surface area contributed by atoms with Crippen LogP contribution in [0.3, 0.4) is 0 Å². The highest BCUT2D eigenvalue weighted by Crippen LogP contribution is 2.42. The summed E-state index contributed by atoms with van der Waals surface area (Å²) in [7, 11) is 0. The monoisotopic (exact) mass is 412 g/mol. The van der Waals surface area contributed by atoms with E-state index < -0.39 is 45.2 Å². The highest BCUT2D eigenvalue weighted by Gasteiger charge is 2.33. The van der Waals surface area contributed by atoms with Crippen LogP contribution in [0.2, 0.25) is 0 Å². The Kier molecular flexibility index (Phi) is 6.48. The Labute approximate surface area is 133 Å². The lowest BCUT2D eigenvalue weighted by molar-refractivity contribution is -0.0338. The molecule has 0 amide bonds. The van der Waals surface area contributed by atoms with Gasteiger partial charge in [-0.2, -0.15) is 26.3 Å². The summed E-state index contributed by atoms with van der Waals surface area (Å²) < 4.78 is 74.0. The molecule has 10 heteroatoms. The Morgan fingerprint density at radius 1 is 1.05 bits per heavy atom. The maximum atomic E-state index is 12.4. The standard InChI is InChI=1S/C11H7BrF6OS2/c12-4-3-8(19)7-5-6(20-10(13,14)15)1-2-9(7)21-11(16,17)18/h1-2,5H,3-4H2. The maximum Gasteiger partial charge on any atom is 0.446 e. The van der Waals surface area contributed by atoms with Crippen molar-refractivity contribution in [2.24, 2.45) is 0 Å². The van der Waals surface area contributed by atoms with Gasteiger partial charge in [-0.1, -0.05) is 15.9 Å². The first-order chi connectivity index (χ1) is 9.52. The first kappa shape index (κ1) is 18.7. The van der Waals surface area contributed by atoms with Crippen molar-refractivity contribution in [1.82, 2.24) is 0 Å². The number of hydrogen-bond donors (Lipinski definition) is 0. The summed E-state index contributed by atoms with van der Waals surface area (Å²) in [6.07, 6.45) is -0.106. The van der Waals surface area contributed by atoms with Gasteiger partial charge in [-0.3, -0.25) is 4.79 Å². The zero-order valence-electron chi connectivity index (χ0n) is 10.0. The summed E-state index contributed by atoms with van der Waals surface area (Å²) in [5.74, 6) is -0.650. The predicted octanol–water partition coefficient (Wildman–Crippen LogP) is 5.88. The zero-order valence-corrected chi connectivity index (χ0v) is 13.2. The van der Waals surface area contributed by atoms with Gasteiger partial charge in [0.2, 0.25) is 0 Å². The number of benzene rings is 1. The first-order valence-electron chi connectivity index (χ1n) is 5.26. The Morgan fingerprint density at radius 3 is 2.10 bits per heavy atom. The molecule has 0 radical (unpaired) electrons. The largest absolute Gasteiger partial charge is 0.446 e. The summed E-state index contributed by atoms with van der Waals surface area (Å²) in [6.45, 7) is 0. The number of halogens is 7. The second-order valence-corrected chi connectivity index (χ2v) is 6.65. The van der Waals surface area contributed by atoms with Gasteiger partial charge in [-0.05, 0) is 41.7 Å². The molecule has 0 spiro atoms. The third kappa shape index (κ3) is 6.96. The van der Waals surface area contributed by atoms with Crippen molar-refractivity contribution in [1.29, 1.82) is 0 Å². The number of alkyl halides is 7. The molecule has 0 aliphatic carbocycles. The molecule has 0 fully saturated rings. The van der Waals surface area contributed by atoms with Crippen molar-refractivity contribution in [2.45, 2.75) is 27.2 Å². The van der Waals surface area contributed by atoms with Crippen molar-refractivity contribution in [3.05, 3.63) is 23.8 Å². The van der Waals surface area contributed by atoms with Gasteiger partial charge in [0.05, 0.1) is 0 Å². The van der Waals surface area contributed by atoms with Crippen LogP contribution >= 0.6 is 39.5 Å². The lowest BCUT2D eigenvalue weighted by Gasteiger charge is -2.12. The normalized spacial score (nSPS) is 12.5. The third-order valence-corrected chi connectivity index (χ3v) is 3.96. The van der Waals surface area contributed by atoms with E-state index in [0.717, 1.165) is 18.2 Å². The van der Waals surface area contributed by atoms with E-state index in [9.17, 15) is 31.1 Å². The van der Waals surface area contributed by atoms with E-state index in [4.69, 9.17) is 0 Å². The molecule has 0 bridgehead atoms. The molecule has 0 aliphatic heterocycles. The van der Waals surface area contributed by atoms with Crippen LogP contribution in [0.1, 0.15) is 16.8 Å². The van der Waals surface area contributed by atoms with Crippen LogP contribution in [0.25, 0.3) is 0 Å². The SMILES string of the molecule is O=C(CCBr)c1cc(SC(F)(F)F)ccc1SC(F)(F)F. The summed E-state index contributed by atoms with van der Waals surface area (Å²) in [4.78, 5) is 11.0. The molecule has 118 valence electrons. The van der Waals surface area contributed by atoms with Gasteiger partial charge in [0, 0.05) is 27.1 Å². The highest BCUT2D eigenvalue weighted by molar-refractivity contribution is 9.09. The minimum Gasteiger partial charge on any atom is -0.294 e. The topological polar surface area (TPSA) is 17.1 Å². The number of Topliss-reactive ketones (excluding diaryl/α,β-unsaturated/α-hetero) is 1. The van der Waals surface area contributed by atoms with Gasteiger partial charge >= 0.3 is 11.0 Å². The van der Waals surface area contributed by atoms with Crippen LogP contribution in [0.15, 0.2) is 28.0 Å². The molecule has 0 saturated carbocycles. The Bertz CT molecular complexity index is 514. The lowest BCUT2D eigenvalue weighted by atomic mass is 10.1. The van der Waals surface area contributed by atoms with Crippen molar-refractivity contribution in [3.63, 3.8) is 0 Å². The van der Waals surface area contributed by atoms with E-state index in [1.807, 2.05) is 0 Å². The van der Waals surface area contributed by atoms with E-state index in [-0.39, 0.29) is 22.2 Å². The van der Waals surface area contributed by atoms with E-state index in [1.165, 1.54) is 0 Å². The number of carbonyl (C=O) groups is 1. The Balaban J connectivity index is 3.16. The molecule has 0 unspecified atom stereocenters. The molecule has 0 aromatic heterocycles. The summed E-state index contributed by atoms with van der Waals surface area (Å²) in [6, 6.07) is 2.64. The van der Waals surface area contributed by atoms with Crippen molar-refractivity contribution < 1.29 is 31.1 Å². The Hall–Kier alpha value is -0.350. The van der Waals surface area contributed by atoms with Crippen LogP contribution in [0.5, 0.6) is 0 Å². The summed E-state index contributed by atoms with van der Waals surface area (Å²) in [5.41, 5.74) is -9.55. The molecule has 0 atom stereocenters. The first-order valence-corrected chi connectivity index (χ1v) is 8.02. The van der Waals surface area contributed by atoms with Gasteiger partial charge in [0.25, 0.3) is 0 Å². The second-order valence-electron chi connectivity index (χ2n) is 3.62. The van der Waals surface area contributed by atoms with Crippen LogP contribution < -0.4 is 0 Å². The van der Waals surface area contributed by atoms with Gasteiger partial charge in [0.15, 0.2) is 5.78 Å². The zero-order chi connectivity index (χ0) is 16.3. The van der Waals surface area contributed by atoms with Gasteiger partial charge in [-0.25, -0.2) is 0 Å². The molecule has 1 aromatic rings. The van der Waals surface area contributed by atoms with Crippen LogP contribution in [0.4, 0.5) is 26.3 Å². The van der Waals surface area contributed by atoms with E-state index in [1.54, 1.807) is 0 Å². The average molecular weight is 413 g/mol. The molecule has 0 N–H and O–H groups in total.